The Labute approximate surface area is 339 Å². The van der Waals surface area contributed by atoms with E-state index in [1.54, 1.807) is 0 Å². The molecule has 8 aromatic carbocycles. The van der Waals surface area contributed by atoms with E-state index < -0.39 is 0 Å². The summed E-state index contributed by atoms with van der Waals surface area (Å²) in [4.78, 5) is 15.2. The number of rotatable bonds is 6. The van der Waals surface area contributed by atoms with Crippen molar-refractivity contribution in [3.05, 3.63) is 235 Å². The molecule has 0 saturated carbocycles. The number of benzene rings is 8. The Morgan fingerprint density at radius 1 is 0.328 bits per heavy atom. The lowest BCUT2D eigenvalue weighted by Crippen LogP contribution is -2.22. The van der Waals surface area contributed by atoms with Gasteiger partial charge in [-0.05, 0) is 88.5 Å². The van der Waals surface area contributed by atoms with Crippen molar-refractivity contribution in [1.82, 2.24) is 9.97 Å². The van der Waals surface area contributed by atoms with Gasteiger partial charge in [0.05, 0.1) is 28.8 Å². The van der Waals surface area contributed by atoms with Crippen LogP contribution in [0.25, 0.3) is 45.0 Å². The van der Waals surface area contributed by atoms with Gasteiger partial charge in [0.1, 0.15) is 0 Å². The lowest BCUT2D eigenvalue weighted by atomic mass is 9.83. The Bertz CT molecular complexity index is 2850. The van der Waals surface area contributed by atoms with E-state index in [0.29, 0.717) is 5.82 Å². The van der Waals surface area contributed by atoms with Gasteiger partial charge in [0.2, 0.25) is 0 Å². The molecule has 1 aromatic heterocycles. The smallest absolute Gasteiger partial charge is 0.160 e. The summed E-state index contributed by atoms with van der Waals surface area (Å²) in [7, 11) is 0. The first-order valence-electron chi connectivity index (χ1n) is 19.9. The van der Waals surface area contributed by atoms with Crippen molar-refractivity contribution in [2.45, 2.75) is 12.0 Å². The fraction of sp³-hybridized carbons (Fsp3) is 0.0370. The van der Waals surface area contributed by atoms with Gasteiger partial charge in [0, 0.05) is 39.7 Å². The van der Waals surface area contributed by atoms with Crippen molar-refractivity contribution in [3.8, 4) is 45.0 Å². The summed E-state index contributed by atoms with van der Waals surface area (Å²) in [6.45, 7) is 0. The molecule has 274 valence electrons. The van der Waals surface area contributed by atoms with Gasteiger partial charge in [-0.3, -0.25) is 0 Å². The first-order valence-corrected chi connectivity index (χ1v) is 19.9. The zero-order valence-electron chi connectivity index (χ0n) is 31.7. The minimum Gasteiger partial charge on any atom is -0.333 e. The lowest BCUT2D eigenvalue weighted by Gasteiger charge is -2.32. The van der Waals surface area contributed by atoms with Gasteiger partial charge in [0.15, 0.2) is 5.82 Å². The van der Waals surface area contributed by atoms with Crippen molar-refractivity contribution in [1.29, 1.82) is 0 Å². The van der Waals surface area contributed by atoms with Crippen LogP contribution in [0.4, 0.5) is 28.4 Å². The van der Waals surface area contributed by atoms with Crippen LogP contribution >= 0.6 is 0 Å². The van der Waals surface area contributed by atoms with Gasteiger partial charge in [-0.2, -0.15) is 0 Å². The molecular formula is C54H38N4. The fourth-order valence-corrected chi connectivity index (χ4v) is 9.02. The van der Waals surface area contributed by atoms with Gasteiger partial charge in [-0.15, -0.1) is 0 Å². The average molecular weight is 743 g/mol. The van der Waals surface area contributed by atoms with Crippen molar-refractivity contribution >= 4 is 28.4 Å². The monoisotopic (exact) mass is 742 g/mol. The number of para-hydroxylation sites is 4. The maximum atomic E-state index is 5.16. The molecule has 0 bridgehead atoms. The van der Waals surface area contributed by atoms with Crippen LogP contribution in [0, 0.1) is 0 Å². The van der Waals surface area contributed by atoms with Crippen LogP contribution in [0.5, 0.6) is 0 Å². The molecule has 0 amide bonds. The van der Waals surface area contributed by atoms with Crippen molar-refractivity contribution in [3.63, 3.8) is 0 Å². The largest absolute Gasteiger partial charge is 0.333 e. The van der Waals surface area contributed by atoms with E-state index in [1.165, 1.54) is 45.0 Å². The normalized spacial score (nSPS) is 15.2. The molecule has 0 N–H and O–H groups in total. The summed E-state index contributed by atoms with van der Waals surface area (Å²) in [5.74, 6) is 0.775. The van der Waals surface area contributed by atoms with Gasteiger partial charge in [-0.1, -0.05) is 158 Å². The number of nitrogens with zero attached hydrogens (tertiary/aromatic N) is 4. The predicted molar refractivity (Wildman–Crippen MR) is 238 cm³/mol. The second-order valence-electron chi connectivity index (χ2n) is 15.0. The lowest BCUT2D eigenvalue weighted by molar-refractivity contribution is 0.665. The van der Waals surface area contributed by atoms with Crippen LogP contribution in [-0.4, -0.2) is 9.97 Å². The minimum atomic E-state index is 0.0267. The van der Waals surface area contributed by atoms with Crippen molar-refractivity contribution < 1.29 is 0 Å². The summed E-state index contributed by atoms with van der Waals surface area (Å²) in [5, 5.41) is 0. The molecule has 2 atom stereocenters. The highest BCUT2D eigenvalue weighted by molar-refractivity contribution is 5.89. The third-order valence-corrected chi connectivity index (χ3v) is 11.6. The van der Waals surface area contributed by atoms with Crippen LogP contribution in [-0.2, 0) is 0 Å². The van der Waals surface area contributed by atoms with Crippen LogP contribution in [0.3, 0.4) is 0 Å². The second kappa shape index (κ2) is 14.2. The number of hydrogen-bond acceptors (Lipinski definition) is 4. The van der Waals surface area contributed by atoms with Gasteiger partial charge >= 0.3 is 0 Å². The Kier molecular flexibility index (Phi) is 8.25. The molecule has 2 aliphatic heterocycles. The SMILES string of the molecule is c1ccc(-c2cc(-c3cccc(-c4ccc5c(c4)C4c6ccccc6N(c6ccccc6)c6ccccc6C4N5c4ccccc4)c3)nc(-c3ccccc3)n2)cc1. The molecule has 0 fully saturated rings. The summed E-state index contributed by atoms with van der Waals surface area (Å²) < 4.78 is 0. The van der Waals surface area contributed by atoms with Crippen LogP contribution in [0.1, 0.15) is 28.7 Å². The van der Waals surface area contributed by atoms with Gasteiger partial charge in [0.25, 0.3) is 0 Å². The quantitative estimate of drug-likeness (QED) is 0.170. The van der Waals surface area contributed by atoms with Gasteiger partial charge < -0.3 is 9.80 Å². The zero-order chi connectivity index (χ0) is 38.4. The van der Waals surface area contributed by atoms with E-state index in [9.17, 15) is 0 Å². The van der Waals surface area contributed by atoms with E-state index in [4.69, 9.17) is 9.97 Å². The predicted octanol–water partition coefficient (Wildman–Crippen LogP) is 14.0. The molecule has 0 spiro atoms. The highest BCUT2D eigenvalue weighted by Gasteiger charge is 2.46. The molecule has 0 saturated heterocycles. The molecule has 9 aromatic rings. The van der Waals surface area contributed by atoms with E-state index in [1.807, 2.05) is 24.3 Å². The topological polar surface area (TPSA) is 32.3 Å². The Hall–Kier alpha value is -7.56. The van der Waals surface area contributed by atoms with Crippen LogP contribution < -0.4 is 9.80 Å². The number of aromatic nitrogens is 2. The Balaban J connectivity index is 1.09. The molecule has 4 nitrogen and oxygen atoms in total. The number of anilines is 5. The maximum absolute atomic E-state index is 5.16. The highest BCUT2D eigenvalue weighted by Crippen LogP contribution is 2.61. The van der Waals surface area contributed by atoms with Crippen LogP contribution in [0.15, 0.2) is 218 Å². The molecular weight excluding hydrogens is 705 g/mol. The molecule has 0 aliphatic carbocycles. The third-order valence-electron chi connectivity index (χ3n) is 11.6. The van der Waals surface area contributed by atoms with Crippen LogP contribution in [0.2, 0.25) is 0 Å². The fourth-order valence-electron chi connectivity index (χ4n) is 9.02. The molecule has 3 heterocycles. The molecule has 2 aliphatic rings. The first kappa shape index (κ1) is 33.8. The molecule has 2 unspecified atom stereocenters. The van der Waals surface area contributed by atoms with E-state index in [0.717, 1.165) is 39.3 Å². The summed E-state index contributed by atoms with van der Waals surface area (Å²) in [5.41, 5.74) is 17.1. The first-order chi connectivity index (χ1) is 28.8. The van der Waals surface area contributed by atoms with Gasteiger partial charge in [-0.25, -0.2) is 9.97 Å². The number of hydrogen-bond donors (Lipinski definition) is 0. The minimum absolute atomic E-state index is 0.0267. The summed E-state index contributed by atoms with van der Waals surface area (Å²) >= 11 is 0. The van der Waals surface area contributed by atoms with E-state index in [2.05, 4.69) is 204 Å². The molecule has 58 heavy (non-hydrogen) atoms. The Morgan fingerprint density at radius 3 is 1.55 bits per heavy atom. The van der Waals surface area contributed by atoms with Crippen molar-refractivity contribution in [2.75, 3.05) is 9.80 Å². The van der Waals surface area contributed by atoms with E-state index in [-0.39, 0.29) is 12.0 Å². The second-order valence-corrected chi connectivity index (χ2v) is 15.0. The average Bonchev–Trinajstić information content (AvgIpc) is 3.58. The van der Waals surface area contributed by atoms with E-state index >= 15 is 0 Å². The third kappa shape index (κ3) is 5.77. The summed E-state index contributed by atoms with van der Waals surface area (Å²) in [6.07, 6.45) is 0. The maximum Gasteiger partial charge on any atom is 0.160 e. The van der Waals surface area contributed by atoms with Crippen molar-refractivity contribution in [2.24, 2.45) is 0 Å². The Morgan fingerprint density at radius 2 is 0.845 bits per heavy atom. The molecule has 4 heteroatoms. The molecule has 11 rings (SSSR count). The zero-order valence-corrected chi connectivity index (χ0v) is 31.7. The number of fused-ring (bicyclic) bond motifs is 7. The molecule has 0 radical (unpaired) electrons. The highest BCUT2D eigenvalue weighted by atomic mass is 15.2. The standard InChI is InChI=1S/C54H38N4/c1-5-18-37(19-6-1)47-36-48(56-54(55-47)38-20-7-2-8-21-38)41-23-17-22-39(34-41)40-32-33-51-46(35-40)52-44-28-13-15-30-49(44)57(42-24-9-3-10-25-42)50-31-16-14-29-45(50)53(52)58(51)43-26-11-4-12-27-43/h1-36,52-53H. The summed E-state index contributed by atoms with van der Waals surface area (Å²) in [6, 6.07) is 78.3.